The number of nitrogens with two attached hydrogens (primary N) is 1. The molecule has 2 rings (SSSR count). The number of aromatic nitrogens is 3. The zero-order chi connectivity index (χ0) is 13.0. The molecule has 0 unspecified atom stereocenters. The molecule has 2 aromatic rings. The second kappa shape index (κ2) is 5.77. The highest BCUT2D eigenvalue weighted by Crippen LogP contribution is 2.15. The van der Waals surface area contributed by atoms with Gasteiger partial charge in [-0.05, 0) is 12.5 Å². The van der Waals surface area contributed by atoms with Crippen molar-refractivity contribution in [3.05, 3.63) is 41.1 Å². The van der Waals surface area contributed by atoms with Gasteiger partial charge in [0.2, 0.25) is 0 Å². The van der Waals surface area contributed by atoms with Gasteiger partial charge in [-0.1, -0.05) is 11.8 Å². The molecule has 2 heterocycles. The van der Waals surface area contributed by atoms with Crippen LogP contribution < -0.4 is 11.3 Å². The van der Waals surface area contributed by atoms with Gasteiger partial charge in [0.15, 0.2) is 5.16 Å². The zero-order valence-electron chi connectivity index (χ0n) is 10.2. The summed E-state index contributed by atoms with van der Waals surface area (Å²) in [4.78, 5) is 15.8. The number of anilines is 1. The number of nitrogens with zero attached hydrogens (tertiary/aromatic N) is 3. The van der Waals surface area contributed by atoms with Gasteiger partial charge < -0.3 is 14.9 Å². The van der Waals surface area contributed by atoms with Gasteiger partial charge in [0, 0.05) is 49.7 Å². The van der Waals surface area contributed by atoms with Crippen LogP contribution in [0.5, 0.6) is 0 Å². The van der Waals surface area contributed by atoms with E-state index in [0.717, 1.165) is 17.3 Å². The van der Waals surface area contributed by atoms with Crippen LogP contribution in [-0.2, 0) is 13.6 Å². The SMILES string of the molecule is Cn1ccnc1SCCCn1cc(N)ccc1=O. The molecule has 96 valence electrons. The highest BCUT2D eigenvalue weighted by atomic mass is 32.2. The molecule has 0 aromatic carbocycles. The van der Waals surface area contributed by atoms with Crippen LogP contribution in [0.4, 0.5) is 5.69 Å². The van der Waals surface area contributed by atoms with E-state index in [9.17, 15) is 4.79 Å². The average molecular weight is 264 g/mol. The van der Waals surface area contributed by atoms with E-state index >= 15 is 0 Å². The second-order valence-corrected chi connectivity index (χ2v) is 5.08. The maximum absolute atomic E-state index is 11.5. The summed E-state index contributed by atoms with van der Waals surface area (Å²) < 4.78 is 3.63. The maximum atomic E-state index is 11.5. The van der Waals surface area contributed by atoms with E-state index < -0.39 is 0 Å². The summed E-state index contributed by atoms with van der Waals surface area (Å²) >= 11 is 1.69. The normalized spacial score (nSPS) is 10.7. The molecule has 0 aliphatic heterocycles. The fourth-order valence-electron chi connectivity index (χ4n) is 1.61. The van der Waals surface area contributed by atoms with E-state index in [1.165, 1.54) is 6.07 Å². The third-order valence-corrected chi connectivity index (χ3v) is 3.70. The molecule has 5 nitrogen and oxygen atoms in total. The van der Waals surface area contributed by atoms with Gasteiger partial charge in [0.25, 0.3) is 5.56 Å². The van der Waals surface area contributed by atoms with E-state index in [0.29, 0.717) is 12.2 Å². The lowest BCUT2D eigenvalue weighted by atomic mass is 10.4. The van der Waals surface area contributed by atoms with E-state index in [1.807, 2.05) is 17.8 Å². The van der Waals surface area contributed by atoms with Gasteiger partial charge in [0.1, 0.15) is 0 Å². The Balaban J connectivity index is 1.84. The molecule has 0 saturated heterocycles. The van der Waals surface area contributed by atoms with Crippen LogP contribution in [-0.4, -0.2) is 19.9 Å². The number of nitrogen functional groups attached to an aromatic ring is 1. The minimum absolute atomic E-state index is 0.00816. The Morgan fingerprint density at radius 1 is 1.44 bits per heavy atom. The number of aryl methyl sites for hydroxylation is 2. The summed E-state index contributed by atoms with van der Waals surface area (Å²) in [6, 6.07) is 3.13. The van der Waals surface area contributed by atoms with Crippen molar-refractivity contribution in [1.82, 2.24) is 14.1 Å². The predicted octanol–water partition coefficient (Wildman–Crippen LogP) is 1.35. The summed E-state index contributed by atoms with van der Waals surface area (Å²) in [6.45, 7) is 0.682. The number of hydrogen-bond donors (Lipinski definition) is 1. The molecule has 2 N–H and O–H groups in total. The average Bonchev–Trinajstić information content (AvgIpc) is 2.75. The Bertz CT molecular complexity index is 575. The topological polar surface area (TPSA) is 65.8 Å². The molecule has 6 heteroatoms. The highest BCUT2D eigenvalue weighted by Gasteiger charge is 2.00. The van der Waals surface area contributed by atoms with Crippen molar-refractivity contribution in [3.8, 4) is 0 Å². The minimum Gasteiger partial charge on any atom is -0.398 e. The number of imidazole rings is 1. The summed E-state index contributed by atoms with van der Waals surface area (Å²) in [6.07, 6.45) is 6.30. The Morgan fingerprint density at radius 2 is 2.28 bits per heavy atom. The predicted molar refractivity (Wildman–Crippen MR) is 73.7 cm³/mol. The molecular formula is C12H16N4OS. The molecule has 0 amide bonds. The Kier molecular flexibility index (Phi) is 4.09. The lowest BCUT2D eigenvalue weighted by molar-refractivity contribution is 0.659. The molecule has 0 bridgehead atoms. The van der Waals surface area contributed by atoms with Gasteiger partial charge in [-0.3, -0.25) is 4.79 Å². The molecule has 18 heavy (non-hydrogen) atoms. The van der Waals surface area contributed by atoms with Gasteiger partial charge in [-0.2, -0.15) is 0 Å². The molecule has 0 aliphatic carbocycles. The third kappa shape index (κ3) is 3.16. The number of pyridine rings is 1. The number of hydrogen-bond acceptors (Lipinski definition) is 4. The summed E-state index contributed by atoms with van der Waals surface area (Å²) in [5.74, 6) is 0.923. The van der Waals surface area contributed by atoms with E-state index in [-0.39, 0.29) is 5.56 Å². The lowest BCUT2D eigenvalue weighted by Crippen LogP contribution is -2.19. The van der Waals surface area contributed by atoms with E-state index in [2.05, 4.69) is 4.98 Å². The van der Waals surface area contributed by atoms with Gasteiger partial charge >= 0.3 is 0 Å². The van der Waals surface area contributed by atoms with Crippen molar-refractivity contribution in [2.45, 2.75) is 18.1 Å². The molecule has 2 aromatic heterocycles. The molecule has 0 saturated carbocycles. The third-order valence-electron chi connectivity index (χ3n) is 2.56. The van der Waals surface area contributed by atoms with Gasteiger partial charge in [-0.15, -0.1) is 0 Å². The van der Waals surface area contributed by atoms with Gasteiger partial charge in [-0.25, -0.2) is 4.98 Å². The highest BCUT2D eigenvalue weighted by molar-refractivity contribution is 7.99. The van der Waals surface area contributed by atoms with Gasteiger partial charge in [0.05, 0.1) is 0 Å². The van der Waals surface area contributed by atoms with E-state index in [4.69, 9.17) is 5.73 Å². The van der Waals surface area contributed by atoms with Crippen molar-refractivity contribution < 1.29 is 0 Å². The molecule has 0 atom stereocenters. The van der Waals surface area contributed by atoms with Crippen molar-refractivity contribution in [2.24, 2.45) is 7.05 Å². The first-order valence-corrected chi connectivity index (χ1v) is 6.71. The standard InChI is InChI=1S/C12H16N4OS/c1-15-7-5-14-12(15)18-8-2-6-16-9-10(13)3-4-11(16)17/h3-5,7,9H,2,6,8,13H2,1H3. The van der Waals surface area contributed by atoms with Crippen molar-refractivity contribution in [3.63, 3.8) is 0 Å². The van der Waals surface area contributed by atoms with Crippen LogP contribution in [0.15, 0.2) is 40.7 Å². The smallest absolute Gasteiger partial charge is 0.250 e. The van der Waals surface area contributed by atoms with Crippen molar-refractivity contribution in [2.75, 3.05) is 11.5 Å². The van der Waals surface area contributed by atoms with Crippen LogP contribution >= 0.6 is 11.8 Å². The monoisotopic (exact) mass is 264 g/mol. The van der Waals surface area contributed by atoms with Crippen LogP contribution in [0.1, 0.15) is 6.42 Å². The van der Waals surface area contributed by atoms with Crippen LogP contribution in [0.3, 0.4) is 0 Å². The largest absolute Gasteiger partial charge is 0.398 e. The molecule has 0 spiro atoms. The Hall–Kier alpha value is -1.69. The van der Waals surface area contributed by atoms with Crippen molar-refractivity contribution >= 4 is 17.4 Å². The van der Waals surface area contributed by atoms with E-state index in [1.54, 1.807) is 34.8 Å². The van der Waals surface area contributed by atoms with Crippen LogP contribution in [0.25, 0.3) is 0 Å². The lowest BCUT2D eigenvalue weighted by Gasteiger charge is -2.06. The summed E-state index contributed by atoms with van der Waals surface area (Å²) in [7, 11) is 1.97. The Morgan fingerprint density at radius 3 is 3.00 bits per heavy atom. The number of rotatable bonds is 5. The molecular weight excluding hydrogens is 248 g/mol. The summed E-state index contributed by atoms with van der Waals surface area (Å²) in [5, 5.41) is 0.995. The first-order chi connectivity index (χ1) is 8.66. The number of thioether (sulfide) groups is 1. The molecule has 0 fully saturated rings. The summed E-state index contributed by atoms with van der Waals surface area (Å²) in [5.41, 5.74) is 6.26. The van der Waals surface area contributed by atoms with Crippen LogP contribution in [0, 0.1) is 0 Å². The second-order valence-electron chi connectivity index (χ2n) is 4.02. The zero-order valence-corrected chi connectivity index (χ0v) is 11.1. The minimum atomic E-state index is -0.00816. The fourth-order valence-corrected chi connectivity index (χ4v) is 2.47. The van der Waals surface area contributed by atoms with Crippen LogP contribution in [0.2, 0.25) is 0 Å². The molecule has 0 radical (unpaired) electrons. The quantitative estimate of drug-likeness (QED) is 0.654. The first-order valence-electron chi connectivity index (χ1n) is 5.73. The Labute approximate surface area is 110 Å². The maximum Gasteiger partial charge on any atom is 0.250 e. The van der Waals surface area contributed by atoms with Crippen molar-refractivity contribution in [1.29, 1.82) is 0 Å². The first kappa shape index (κ1) is 12.8. The fraction of sp³-hybridized carbons (Fsp3) is 0.333. The molecule has 0 aliphatic rings.